The predicted octanol–water partition coefficient (Wildman–Crippen LogP) is 2.11. The standard InChI is InChI=1S/C10H20O2Si/c1-9-4-5-10(11-8-9)6-7-12-13(2)3/h4,10,13H,5-8H2,1-3H3. The molecule has 0 spiro atoms. The van der Waals surface area contributed by atoms with Gasteiger partial charge in [0.2, 0.25) is 0 Å². The molecule has 0 aliphatic carbocycles. The third-order valence-electron chi connectivity index (χ3n) is 2.17. The fourth-order valence-electron chi connectivity index (χ4n) is 1.35. The Morgan fingerprint density at radius 3 is 2.92 bits per heavy atom. The van der Waals surface area contributed by atoms with Crippen LogP contribution in [0, 0.1) is 0 Å². The van der Waals surface area contributed by atoms with Gasteiger partial charge in [0.1, 0.15) is 0 Å². The zero-order chi connectivity index (χ0) is 9.68. The van der Waals surface area contributed by atoms with Crippen molar-refractivity contribution in [2.45, 2.75) is 39.0 Å². The largest absolute Gasteiger partial charge is 0.420 e. The quantitative estimate of drug-likeness (QED) is 0.511. The van der Waals surface area contributed by atoms with E-state index < -0.39 is 9.04 Å². The summed E-state index contributed by atoms with van der Waals surface area (Å²) in [7, 11) is -0.826. The molecule has 1 aliphatic heterocycles. The van der Waals surface area contributed by atoms with Crippen molar-refractivity contribution in [2.24, 2.45) is 0 Å². The molecule has 0 aromatic heterocycles. The van der Waals surface area contributed by atoms with Gasteiger partial charge in [-0.2, -0.15) is 0 Å². The van der Waals surface area contributed by atoms with Gasteiger partial charge in [-0.05, 0) is 32.9 Å². The van der Waals surface area contributed by atoms with E-state index in [-0.39, 0.29) is 0 Å². The smallest absolute Gasteiger partial charge is 0.170 e. The van der Waals surface area contributed by atoms with Crippen molar-refractivity contribution in [3.63, 3.8) is 0 Å². The lowest BCUT2D eigenvalue weighted by molar-refractivity contribution is 0.0458. The summed E-state index contributed by atoms with van der Waals surface area (Å²) in [5, 5.41) is 0. The highest BCUT2D eigenvalue weighted by atomic mass is 28.3. The Morgan fingerprint density at radius 2 is 2.38 bits per heavy atom. The molecule has 0 N–H and O–H groups in total. The minimum atomic E-state index is -0.826. The Labute approximate surface area is 82.7 Å². The maximum atomic E-state index is 5.64. The lowest BCUT2D eigenvalue weighted by Crippen LogP contribution is -2.21. The summed E-state index contributed by atoms with van der Waals surface area (Å²) < 4.78 is 11.2. The molecule has 1 heterocycles. The molecule has 3 heteroatoms. The maximum Gasteiger partial charge on any atom is 0.170 e. The van der Waals surface area contributed by atoms with E-state index in [9.17, 15) is 0 Å². The minimum Gasteiger partial charge on any atom is -0.420 e. The first-order chi connectivity index (χ1) is 6.18. The van der Waals surface area contributed by atoms with Crippen LogP contribution >= 0.6 is 0 Å². The van der Waals surface area contributed by atoms with E-state index in [0.717, 1.165) is 26.1 Å². The predicted molar refractivity (Wildman–Crippen MR) is 57.6 cm³/mol. The third kappa shape index (κ3) is 4.60. The number of hydrogen-bond donors (Lipinski definition) is 0. The van der Waals surface area contributed by atoms with Crippen LogP contribution in [0.1, 0.15) is 19.8 Å². The molecule has 0 aromatic rings. The molecule has 0 radical (unpaired) electrons. The number of ether oxygens (including phenoxy) is 1. The van der Waals surface area contributed by atoms with Gasteiger partial charge >= 0.3 is 0 Å². The van der Waals surface area contributed by atoms with Gasteiger partial charge in [0.05, 0.1) is 12.7 Å². The van der Waals surface area contributed by atoms with Gasteiger partial charge < -0.3 is 9.16 Å². The Hall–Kier alpha value is -0.123. The van der Waals surface area contributed by atoms with Crippen LogP contribution in [0.5, 0.6) is 0 Å². The van der Waals surface area contributed by atoms with E-state index in [1.807, 2.05) is 0 Å². The second kappa shape index (κ2) is 5.57. The molecule has 1 aliphatic rings. The summed E-state index contributed by atoms with van der Waals surface area (Å²) in [6, 6.07) is 0. The van der Waals surface area contributed by atoms with Crippen LogP contribution in [0.4, 0.5) is 0 Å². The molecule has 13 heavy (non-hydrogen) atoms. The molecular formula is C10H20O2Si. The zero-order valence-corrected chi connectivity index (χ0v) is 10.0. The maximum absolute atomic E-state index is 5.64. The minimum absolute atomic E-state index is 0.399. The average molecular weight is 200 g/mol. The van der Waals surface area contributed by atoms with Gasteiger partial charge in [-0.1, -0.05) is 11.6 Å². The molecule has 0 saturated heterocycles. The molecule has 0 amide bonds. The first-order valence-electron chi connectivity index (χ1n) is 5.07. The second-order valence-electron chi connectivity index (χ2n) is 3.93. The lowest BCUT2D eigenvalue weighted by Gasteiger charge is -2.21. The molecular weight excluding hydrogens is 180 g/mol. The summed E-state index contributed by atoms with van der Waals surface area (Å²) >= 11 is 0. The Bertz CT molecular complexity index is 178. The van der Waals surface area contributed by atoms with Crippen LogP contribution in [-0.2, 0) is 9.16 Å². The normalized spacial score (nSPS) is 23.4. The van der Waals surface area contributed by atoms with Gasteiger partial charge in [-0.15, -0.1) is 0 Å². The molecule has 0 saturated carbocycles. The summed E-state index contributed by atoms with van der Waals surface area (Å²) in [6.45, 7) is 8.20. The fourth-order valence-corrected chi connectivity index (χ4v) is 1.95. The summed E-state index contributed by atoms with van der Waals surface area (Å²) in [4.78, 5) is 0. The van der Waals surface area contributed by atoms with Gasteiger partial charge in [-0.25, -0.2) is 0 Å². The molecule has 0 aromatic carbocycles. The topological polar surface area (TPSA) is 18.5 Å². The Balaban J connectivity index is 2.10. The Kier molecular flexibility index (Phi) is 4.70. The number of rotatable bonds is 4. The first-order valence-corrected chi connectivity index (χ1v) is 7.85. The van der Waals surface area contributed by atoms with E-state index in [4.69, 9.17) is 9.16 Å². The van der Waals surface area contributed by atoms with Crippen molar-refractivity contribution in [1.82, 2.24) is 0 Å². The van der Waals surface area contributed by atoms with Crippen molar-refractivity contribution in [1.29, 1.82) is 0 Å². The van der Waals surface area contributed by atoms with Crippen LogP contribution in [0.25, 0.3) is 0 Å². The number of hydrogen-bond acceptors (Lipinski definition) is 2. The van der Waals surface area contributed by atoms with Crippen molar-refractivity contribution in [3.8, 4) is 0 Å². The van der Waals surface area contributed by atoms with E-state index in [1.54, 1.807) is 0 Å². The van der Waals surface area contributed by atoms with Crippen LogP contribution in [0.3, 0.4) is 0 Å². The summed E-state index contributed by atoms with van der Waals surface area (Å²) in [5.74, 6) is 0. The fraction of sp³-hybridized carbons (Fsp3) is 0.800. The van der Waals surface area contributed by atoms with Crippen LogP contribution < -0.4 is 0 Å². The average Bonchev–Trinajstić information content (AvgIpc) is 2.08. The van der Waals surface area contributed by atoms with Crippen molar-refractivity contribution < 1.29 is 9.16 Å². The molecule has 1 rings (SSSR count). The van der Waals surface area contributed by atoms with Crippen LogP contribution in [0.2, 0.25) is 13.1 Å². The van der Waals surface area contributed by atoms with Gasteiger partial charge in [0.25, 0.3) is 0 Å². The molecule has 76 valence electrons. The zero-order valence-electron chi connectivity index (χ0n) is 8.88. The van der Waals surface area contributed by atoms with Crippen molar-refractivity contribution in [3.05, 3.63) is 11.6 Å². The lowest BCUT2D eigenvalue weighted by atomic mass is 10.1. The Morgan fingerprint density at radius 1 is 1.62 bits per heavy atom. The van der Waals surface area contributed by atoms with E-state index in [0.29, 0.717) is 6.10 Å². The second-order valence-corrected chi connectivity index (χ2v) is 6.36. The van der Waals surface area contributed by atoms with E-state index in [2.05, 4.69) is 26.1 Å². The monoisotopic (exact) mass is 200 g/mol. The van der Waals surface area contributed by atoms with Crippen LogP contribution in [0.15, 0.2) is 11.6 Å². The highest BCUT2D eigenvalue weighted by Gasteiger charge is 2.12. The SMILES string of the molecule is CC1=CCC(CCO[SiH](C)C)OC1. The third-order valence-corrected chi connectivity index (χ3v) is 3.07. The van der Waals surface area contributed by atoms with E-state index in [1.165, 1.54) is 5.57 Å². The molecule has 1 unspecified atom stereocenters. The van der Waals surface area contributed by atoms with Gasteiger partial charge in [-0.3, -0.25) is 0 Å². The van der Waals surface area contributed by atoms with E-state index >= 15 is 0 Å². The summed E-state index contributed by atoms with van der Waals surface area (Å²) in [6.07, 6.45) is 4.79. The molecule has 0 fully saturated rings. The van der Waals surface area contributed by atoms with Gasteiger partial charge in [0.15, 0.2) is 9.04 Å². The highest BCUT2D eigenvalue weighted by molar-refractivity contribution is 6.48. The molecule has 0 bridgehead atoms. The van der Waals surface area contributed by atoms with Crippen molar-refractivity contribution in [2.75, 3.05) is 13.2 Å². The molecule has 2 nitrogen and oxygen atoms in total. The molecule has 1 atom stereocenters. The highest BCUT2D eigenvalue weighted by Crippen LogP contribution is 2.14. The first kappa shape index (κ1) is 11.0. The van der Waals surface area contributed by atoms with Crippen molar-refractivity contribution >= 4 is 9.04 Å². The van der Waals surface area contributed by atoms with Gasteiger partial charge in [0, 0.05) is 6.61 Å². The summed E-state index contributed by atoms with van der Waals surface area (Å²) in [5.41, 5.74) is 1.36. The van der Waals surface area contributed by atoms with Crippen LogP contribution in [-0.4, -0.2) is 28.4 Å².